The fraction of sp³-hybridized carbons (Fsp3) is 0. The molecule has 2 aliphatic rings. The number of para-hydroxylation sites is 2. The zero-order valence-electron chi connectivity index (χ0n) is 26.4. The Labute approximate surface area is 284 Å². The lowest BCUT2D eigenvalue weighted by Gasteiger charge is -2.33. The Balaban J connectivity index is 1.21. The summed E-state index contributed by atoms with van der Waals surface area (Å²) in [6.45, 7) is 0.0100. The molecule has 0 aliphatic carbocycles. The normalized spacial score (nSPS) is 12.3. The van der Waals surface area contributed by atoms with E-state index in [9.17, 15) is 5.26 Å². The molecule has 0 saturated carbocycles. The Morgan fingerprint density at radius 3 is 1.41 bits per heavy atom. The minimum absolute atomic E-state index is 0.0100. The van der Waals surface area contributed by atoms with Gasteiger partial charge in [-0.15, -0.1) is 0 Å². The van der Waals surface area contributed by atoms with Crippen LogP contribution in [-0.2, 0) is 0 Å². The van der Waals surface area contributed by atoms with Crippen LogP contribution >= 0.6 is 0 Å². The number of hydrogen-bond acceptors (Lipinski definition) is 3. The van der Waals surface area contributed by atoms with E-state index in [4.69, 9.17) is 9.47 Å². The fourth-order valence-electron chi connectivity index (χ4n) is 7.92. The van der Waals surface area contributed by atoms with Crippen LogP contribution in [0.1, 0.15) is 5.56 Å². The lowest BCUT2D eigenvalue weighted by molar-refractivity contribution is 0.465. The van der Waals surface area contributed by atoms with Gasteiger partial charge in [0, 0.05) is 5.46 Å². The van der Waals surface area contributed by atoms with Crippen molar-refractivity contribution >= 4 is 44.6 Å². The number of fused-ring (bicyclic) bond motifs is 6. The Morgan fingerprint density at radius 1 is 0.408 bits per heavy atom. The first-order valence-electron chi connectivity index (χ1n) is 16.5. The second-order valence-electron chi connectivity index (χ2n) is 12.7. The van der Waals surface area contributed by atoms with Gasteiger partial charge in [-0.2, -0.15) is 5.26 Å². The quantitative estimate of drug-likeness (QED) is 0.145. The SMILES string of the molecule is N#Cc1cc(-c2cc3c4c(c2)Oc2ccccc2B4c2ccccc2O3)cc(-c2c3ccccc3c(-c3ccccc3)c3ccccc23)c1. The van der Waals surface area contributed by atoms with Gasteiger partial charge in [-0.05, 0) is 108 Å². The van der Waals surface area contributed by atoms with E-state index < -0.39 is 0 Å². The maximum absolute atomic E-state index is 10.4. The van der Waals surface area contributed by atoms with Gasteiger partial charge in [0.05, 0.1) is 11.6 Å². The van der Waals surface area contributed by atoms with Crippen molar-refractivity contribution in [1.29, 1.82) is 5.26 Å². The van der Waals surface area contributed by atoms with Crippen LogP contribution in [-0.4, -0.2) is 6.71 Å². The summed E-state index contributed by atoms with van der Waals surface area (Å²) in [7, 11) is 0. The molecule has 0 unspecified atom stereocenters. The van der Waals surface area contributed by atoms with Crippen LogP contribution in [0.25, 0.3) is 54.9 Å². The number of nitrogens with zero attached hydrogens (tertiary/aromatic N) is 1. The molecule has 4 heteroatoms. The van der Waals surface area contributed by atoms with Crippen LogP contribution in [0.2, 0.25) is 0 Å². The van der Waals surface area contributed by atoms with Crippen molar-refractivity contribution in [2.24, 2.45) is 0 Å². The minimum Gasteiger partial charge on any atom is -0.458 e. The Bertz CT molecular complexity index is 2560. The van der Waals surface area contributed by atoms with Crippen molar-refractivity contribution in [3.63, 3.8) is 0 Å². The molecule has 8 aromatic rings. The van der Waals surface area contributed by atoms with Crippen molar-refractivity contribution in [2.45, 2.75) is 0 Å². The number of hydrogen-bond donors (Lipinski definition) is 0. The first-order chi connectivity index (χ1) is 24.2. The Kier molecular flexibility index (Phi) is 6.03. The molecule has 0 saturated heterocycles. The molecule has 0 N–H and O–H groups in total. The van der Waals surface area contributed by atoms with E-state index in [-0.39, 0.29) is 6.71 Å². The molecule has 226 valence electrons. The molecule has 0 bridgehead atoms. The molecule has 0 radical (unpaired) electrons. The van der Waals surface area contributed by atoms with E-state index in [1.165, 1.54) is 21.9 Å². The summed E-state index contributed by atoms with van der Waals surface area (Å²) < 4.78 is 13.2. The van der Waals surface area contributed by atoms with E-state index in [0.717, 1.165) is 72.4 Å². The highest BCUT2D eigenvalue weighted by atomic mass is 16.5. The maximum atomic E-state index is 10.4. The predicted octanol–water partition coefficient (Wildman–Crippen LogP) is 9.59. The molecule has 2 heterocycles. The first-order valence-corrected chi connectivity index (χ1v) is 16.5. The van der Waals surface area contributed by atoms with Crippen molar-refractivity contribution in [2.75, 3.05) is 0 Å². The molecular weight excluding hydrogens is 597 g/mol. The van der Waals surface area contributed by atoms with Crippen LogP contribution in [0.4, 0.5) is 0 Å². The summed E-state index contributed by atoms with van der Waals surface area (Å²) in [5.74, 6) is 3.25. The van der Waals surface area contributed by atoms with E-state index >= 15 is 0 Å². The number of benzene rings is 8. The third kappa shape index (κ3) is 4.23. The molecule has 0 atom stereocenters. The zero-order chi connectivity index (χ0) is 32.5. The van der Waals surface area contributed by atoms with E-state index in [2.05, 4.69) is 127 Å². The zero-order valence-corrected chi connectivity index (χ0v) is 26.4. The van der Waals surface area contributed by atoms with Crippen LogP contribution in [0.3, 0.4) is 0 Å². The third-order valence-corrected chi connectivity index (χ3v) is 9.97. The van der Waals surface area contributed by atoms with Gasteiger partial charge < -0.3 is 9.47 Å². The summed E-state index contributed by atoms with van der Waals surface area (Å²) in [6, 6.07) is 57.1. The summed E-state index contributed by atoms with van der Waals surface area (Å²) in [6.07, 6.45) is 0. The van der Waals surface area contributed by atoms with Gasteiger partial charge in [0.25, 0.3) is 6.71 Å². The van der Waals surface area contributed by atoms with Crippen molar-refractivity contribution in [1.82, 2.24) is 0 Å². The number of ether oxygens (including phenoxy) is 2. The molecule has 3 nitrogen and oxygen atoms in total. The van der Waals surface area contributed by atoms with Crippen molar-refractivity contribution < 1.29 is 9.47 Å². The molecule has 0 spiro atoms. The van der Waals surface area contributed by atoms with E-state index in [0.29, 0.717) is 5.56 Å². The van der Waals surface area contributed by atoms with Gasteiger partial charge >= 0.3 is 0 Å². The molecule has 0 aromatic heterocycles. The van der Waals surface area contributed by atoms with Crippen molar-refractivity contribution in [3.8, 4) is 62.4 Å². The topological polar surface area (TPSA) is 42.2 Å². The highest BCUT2D eigenvalue weighted by molar-refractivity contribution is 6.98. The predicted molar refractivity (Wildman–Crippen MR) is 200 cm³/mol. The average Bonchev–Trinajstić information content (AvgIpc) is 3.16. The molecular formula is C45H26BNO2. The van der Waals surface area contributed by atoms with E-state index in [1.54, 1.807) is 0 Å². The number of rotatable bonds is 3. The highest BCUT2D eigenvalue weighted by Crippen LogP contribution is 2.45. The number of nitriles is 1. The van der Waals surface area contributed by atoms with Crippen LogP contribution in [0, 0.1) is 11.3 Å². The summed E-state index contributed by atoms with van der Waals surface area (Å²) >= 11 is 0. The summed E-state index contributed by atoms with van der Waals surface area (Å²) in [5, 5.41) is 15.0. The van der Waals surface area contributed by atoms with Crippen LogP contribution in [0.5, 0.6) is 23.0 Å². The van der Waals surface area contributed by atoms with Gasteiger partial charge in [-0.1, -0.05) is 115 Å². The maximum Gasteiger partial charge on any atom is 0.260 e. The average molecular weight is 624 g/mol. The van der Waals surface area contributed by atoms with Gasteiger partial charge in [0.15, 0.2) is 0 Å². The fourth-order valence-corrected chi connectivity index (χ4v) is 7.92. The standard InChI is InChI=1S/C45H26BNO2/c47-27-28-22-30(31-25-41-45-42(26-31)49-40-21-11-9-19-38(40)46(45)37-18-8-10-20-39(37)48-41)24-32(23-28)44-35-16-6-4-14-33(35)43(29-12-2-1-3-13-29)34-15-5-7-17-36(34)44/h1-26H. The van der Waals surface area contributed by atoms with Crippen molar-refractivity contribution in [3.05, 3.63) is 163 Å². The summed E-state index contributed by atoms with van der Waals surface area (Å²) in [4.78, 5) is 0. The Hall–Kier alpha value is -6.57. The van der Waals surface area contributed by atoms with Gasteiger partial charge in [0.2, 0.25) is 0 Å². The smallest absolute Gasteiger partial charge is 0.260 e. The third-order valence-electron chi connectivity index (χ3n) is 9.97. The minimum atomic E-state index is 0.0100. The monoisotopic (exact) mass is 623 g/mol. The first kappa shape index (κ1) is 27.5. The second kappa shape index (κ2) is 10.7. The highest BCUT2D eigenvalue weighted by Gasteiger charge is 2.40. The second-order valence-corrected chi connectivity index (χ2v) is 12.7. The molecule has 10 rings (SSSR count). The molecule has 2 aliphatic heterocycles. The molecule has 49 heavy (non-hydrogen) atoms. The van der Waals surface area contributed by atoms with Gasteiger partial charge in [-0.3, -0.25) is 0 Å². The lowest BCUT2D eigenvalue weighted by Crippen LogP contribution is -2.57. The lowest BCUT2D eigenvalue weighted by atomic mass is 9.35. The molecule has 0 fully saturated rings. The van der Waals surface area contributed by atoms with E-state index in [1.807, 2.05) is 36.4 Å². The molecule has 0 amide bonds. The van der Waals surface area contributed by atoms with Gasteiger partial charge in [0.1, 0.15) is 23.0 Å². The van der Waals surface area contributed by atoms with Gasteiger partial charge in [-0.25, -0.2) is 0 Å². The Morgan fingerprint density at radius 2 is 0.857 bits per heavy atom. The van der Waals surface area contributed by atoms with Crippen LogP contribution < -0.4 is 25.9 Å². The molecule has 8 aromatic carbocycles. The largest absolute Gasteiger partial charge is 0.458 e. The van der Waals surface area contributed by atoms with Crippen LogP contribution in [0.15, 0.2) is 158 Å². The summed E-state index contributed by atoms with van der Waals surface area (Å²) in [5.41, 5.74) is 10.2.